The standard InChI is InChI=1S/C11H19NO8/c13-4-5-8(17)9(18)10(19)11(20-5)12-6(14)2-1-3-7(15)16/h5,8-11,13,17-19H,1-4H2,(H,12,14)(H,15,16)/t5-,8+,9+,10-,11-/m1/s1. The number of carboxylic acid groups (broad SMARTS) is 1. The Bertz CT molecular complexity index is 347. The highest BCUT2D eigenvalue weighted by Gasteiger charge is 2.43. The van der Waals surface area contributed by atoms with E-state index in [1.807, 2.05) is 0 Å². The molecule has 1 saturated heterocycles. The van der Waals surface area contributed by atoms with Gasteiger partial charge in [0, 0.05) is 12.8 Å². The van der Waals surface area contributed by atoms with Crippen LogP contribution in [0.1, 0.15) is 19.3 Å². The Labute approximate surface area is 114 Å². The van der Waals surface area contributed by atoms with Crippen molar-refractivity contribution in [1.82, 2.24) is 5.32 Å². The van der Waals surface area contributed by atoms with Gasteiger partial charge in [0.05, 0.1) is 6.61 Å². The van der Waals surface area contributed by atoms with Crippen molar-refractivity contribution in [1.29, 1.82) is 0 Å². The number of rotatable bonds is 6. The zero-order valence-corrected chi connectivity index (χ0v) is 10.7. The van der Waals surface area contributed by atoms with E-state index in [1.165, 1.54) is 0 Å². The molecule has 0 saturated carbocycles. The molecule has 0 unspecified atom stereocenters. The molecule has 0 aromatic carbocycles. The number of hydrogen-bond donors (Lipinski definition) is 6. The van der Waals surface area contributed by atoms with Crippen molar-refractivity contribution >= 4 is 11.9 Å². The van der Waals surface area contributed by atoms with E-state index in [-0.39, 0.29) is 19.3 Å². The van der Waals surface area contributed by atoms with Crippen molar-refractivity contribution < 1.29 is 39.9 Å². The van der Waals surface area contributed by atoms with Crippen LogP contribution in [-0.4, -0.2) is 74.7 Å². The Kier molecular flexibility index (Phi) is 6.30. The van der Waals surface area contributed by atoms with Crippen LogP contribution in [0.25, 0.3) is 0 Å². The summed E-state index contributed by atoms with van der Waals surface area (Å²) in [6.07, 6.45) is -7.10. The molecule has 0 spiro atoms. The molecule has 5 atom stereocenters. The van der Waals surface area contributed by atoms with E-state index in [4.69, 9.17) is 14.9 Å². The summed E-state index contributed by atoms with van der Waals surface area (Å²) >= 11 is 0. The number of carbonyl (C=O) groups is 2. The molecule has 0 radical (unpaired) electrons. The highest BCUT2D eigenvalue weighted by Crippen LogP contribution is 2.19. The van der Waals surface area contributed by atoms with Crippen LogP contribution in [0.4, 0.5) is 0 Å². The molecule has 1 fully saturated rings. The summed E-state index contributed by atoms with van der Waals surface area (Å²) in [7, 11) is 0. The second-order valence-corrected chi connectivity index (χ2v) is 4.56. The predicted molar refractivity (Wildman–Crippen MR) is 63.4 cm³/mol. The van der Waals surface area contributed by atoms with Crippen LogP contribution < -0.4 is 5.32 Å². The largest absolute Gasteiger partial charge is 0.481 e. The van der Waals surface area contributed by atoms with Crippen LogP contribution in [-0.2, 0) is 14.3 Å². The van der Waals surface area contributed by atoms with Gasteiger partial charge < -0.3 is 35.6 Å². The van der Waals surface area contributed by atoms with Gasteiger partial charge in [0.2, 0.25) is 5.91 Å². The molecule has 1 aliphatic rings. The highest BCUT2D eigenvalue weighted by molar-refractivity contribution is 5.77. The molecule has 0 aromatic heterocycles. The Morgan fingerprint density at radius 3 is 2.25 bits per heavy atom. The normalized spacial score (nSPS) is 33.7. The van der Waals surface area contributed by atoms with Crippen LogP contribution >= 0.6 is 0 Å². The summed E-state index contributed by atoms with van der Waals surface area (Å²) in [5.74, 6) is -1.58. The van der Waals surface area contributed by atoms with E-state index < -0.39 is 49.1 Å². The molecule has 6 N–H and O–H groups in total. The molecule has 116 valence electrons. The first-order chi connectivity index (χ1) is 9.36. The zero-order chi connectivity index (χ0) is 15.3. The van der Waals surface area contributed by atoms with E-state index in [9.17, 15) is 24.9 Å². The molecular formula is C11H19NO8. The van der Waals surface area contributed by atoms with Gasteiger partial charge in [-0.1, -0.05) is 0 Å². The minimum Gasteiger partial charge on any atom is -0.481 e. The van der Waals surface area contributed by atoms with Gasteiger partial charge in [0.15, 0.2) is 6.23 Å². The van der Waals surface area contributed by atoms with Crippen molar-refractivity contribution in [2.24, 2.45) is 0 Å². The van der Waals surface area contributed by atoms with Crippen molar-refractivity contribution in [3.8, 4) is 0 Å². The molecular weight excluding hydrogens is 274 g/mol. The lowest BCUT2D eigenvalue weighted by atomic mass is 9.98. The maximum atomic E-state index is 11.5. The molecule has 1 amide bonds. The van der Waals surface area contributed by atoms with E-state index >= 15 is 0 Å². The number of nitrogens with one attached hydrogen (secondary N) is 1. The second kappa shape index (κ2) is 7.50. The number of carbonyl (C=O) groups excluding carboxylic acids is 1. The lowest BCUT2D eigenvalue weighted by Crippen LogP contribution is -2.63. The summed E-state index contributed by atoms with van der Waals surface area (Å²) < 4.78 is 5.07. The summed E-state index contributed by atoms with van der Waals surface area (Å²) in [5.41, 5.74) is 0. The average Bonchev–Trinajstić information content (AvgIpc) is 2.39. The van der Waals surface area contributed by atoms with Gasteiger partial charge in [-0.05, 0) is 6.42 Å². The van der Waals surface area contributed by atoms with Crippen molar-refractivity contribution in [3.05, 3.63) is 0 Å². The third-order valence-electron chi connectivity index (χ3n) is 2.99. The van der Waals surface area contributed by atoms with Crippen LogP contribution in [0.3, 0.4) is 0 Å². The molecule has 0 aliphatic carbocycles. The van der Waals surface area contributed by atoms with Gasteiger partial charge in [-0.25, -0.2) is 0 Å². The number of amides is 1. The van der Waals surface area contributed by atoms with Gasteiger partial charge in [0.1, 0.15) is 24.4 Å². The molecule has 1 rings (SSSR count). The predicted octanol–water partition coefficient (Wildman–Crippen LogP) is -2.84. The molecule has 0 bridgehead atoms. The summed E-state index contributed by atoms with van der Waals surface area (Å²) in [6, 6.07) is 0. The molecule has 20 heavy (non-hydrogen) atoms. The fraction of sp³-hybridized carbons (Fsp3) is 0.818. The topological polar surface area (TPSA) is 157 Å². The fourth-order valence-electron chi connectivity index (χ4n) is 1.85. The minimum absolute atomic E-state index is 0.0820. The van der Waals surface area contributed by atoms with E-state index in [0.717, 1.165) is 0 Å². The smallest absolute Gasteiger partial charge is 0.303 e. The van der Waals surface area contributed by atoms with Gasteiger partial charge in [0.25, 0.3) is 0 Å². The van der Waals surface area contributed by atoms with E-state index in [0.29, 0.717) is 0 Å². The van der Waals surface area contributed by atoms with E-state index in [2.05, 4.69) is 5.32 Å². The Morgan fingerprint density at radius 1 is 1.05 bits per heavy atom. The minimum atomic E-state index is -1.56. The Hall–Kier alpha value is -1.26. The van der Waals surface area contributed by atoms with Gasteiger partial charge >= 0.3 is 5.97 Å². The number of aliphatic hydroxyl groups excluding tert-OH is 4. The van der Waals surface area contributed by atoms with Crippen molar-refractivity contribution in [3.63, 3.8) is 0 Å². The van der Waals surface area contributed by atoms with Gasteiger partial charge in [-0.15, -0.1) is 0 Å². The fourth-order valence-corrected chi connectivity index (χ4v) is 1.85. The SMILES string of the molecule is O=C(O)CCCC(=O)N[C@@H]1O[C@H](CO)[C@H](O)[C@H](O)[C@H]1O. The van der Waals surface area contributed by atoms with Gasteiger partial charge in [-0.2, -0.15) is 0 Å². The second-order valence-electron chi connectivity index (χ2n) is 4.56. The van der Waals surface area contributed by atoms with Crippen LogP contribution in [0, 0.1) is 0 Å². The van der Waals surface area contributed by atoms with Gasteiger partial charge in [-0.3, -0.25) is 9.59 Å². The maximum Gasteiger partial charge on any atom is 0.303 e. The number of aliphatic carboxylic acids is 1. The summed E-state index contributed by atoms with van der Waals surface area (Å²) in [5, 5.41) is 48.4. The first-order valence-corrected chi connectivity index (χ1v) is 6.18. The maximum absolute atomic E-state index is 11.5. The monoisotopic (exact) mass is 293 g/mol. The average molecular weight is 293 g/mol. The number of ether oxygens (including phenoxy) is 1. The Morgan fingerprint density at radius 2 is 1.70 bits per heavy atom. The third kappa shape index (κ3) is 4.39. The van der Waals surface area contributed by atoms with Crippen molar-refractivity contribution in [2.45, 2.75) is 49.9 Å². The quantitative estimate of drug-likeness (QED) is 0.306. The lowest BCUT2D eigenvalue weighted by Gasteiger charge is -2.40. The molecule has 1 heterocycles. The van der Waals surface area contributed by atoms with Crippen molar-refractivity contribution in [2.75, 3.05) is 6.61 Å². The first kappa shape index (κ1) is 16.8. The Balaban J connectivity index is 2.49. The first-order valence-electron chi connectivity index (χ1n) is 6.18. The highest BCUT2D eigenvalue weighted by atomic mass is 16.6. The lowest BCUT2D eigenvalue weighted by molar-refractivity contribution is -0.236. The molecule has 9 nitrogen and oxygen atoms in total. The zero-order valence-electron chi connectivity index (χ0n) is 10.7. The number of hydrogen-bond acceptors (Lipinski definition) is 7. The molecule has 9 heteroatoms. The number of aliphatic hydroxyl groups is 4. The summed E-state index contributed by atoms with van der Waals surface area (Å²) in [4.78, 5) is 21.8. The van der Waals surface area contributed by atoms with E-state index in [1.54, 1.807) is 0 Å². The summed E-state index contributed by atoms with van der Waals surface area (Å²) in [6.45, 7) is -0.587. The van der Waals surface area contributed by atoms with Crippen LogP contribution in [0.5, 0.6) is 0 Å². The van der Waals surface area contributed by atoms with Crippen LogP contribution in [0.2, 0.25) is 0 Å². The number of carboxylic acids is 1. The third-order valence-corrected chi connectivity index (χ3v) is 2.99. The van der Waals surface area contributed by atoms with Crippen LogP contribution in [0.15, 0.2) is 0 Å². The molecule has 0 aromatic rings. The molecule has 1 aliphatic heterocycles.